The fourth-order valence-electron chi connectivity index (χ4n) is 3.17. The van der Waals surface area contributed by atoms with Crippen LogP contribution in [-0.2, 0) is 4.79 Å². The summed E-state index contributed by atoms with van der Waals surface area (Å²) in [7, 11) is 0. The largest absolute Gasteiger partial charge is 0.341 e. The second kappa shape index (κ2) is 6.97. The number of imide groups is 1. The van der Waals surface area contributed by atoms with Crippen molar-refractivity contribution >= 4 is 29.5 Å². The lowest BCUT2D eigenvalue weighted by atomic mass is 10.1. The topological polar surface area (TPSA) is 57.7 Å². The molecule has 0 radical (unpaired) electrons. The summed E-state index contributed by atoms with van der Waals surface area (Å²) in [6, 6.07) is 5.26. The van der Waals surface area contributed by atoms with Crippen molar-refractivity contribution in [3.63, 3.8) is 0 Å². The van der Waals surface area contributed by atoms with Crippen LogP contribution in [0.2, 0.25) is 0 Å². The van der Waals surface area contributed by atoms with Gasteiger partial charge >= 0.3 is 0 Å². The molecule has 0 saturated carbocycles. The van der Waals surface area contributed by atoms with Crippen LogP contribution >= 0.6 is 11.8 Å². The van der Waals surface area contributed by atoms with E-state index in [1.807, 2.05) is 29.7 Å². The highest BCUT2D eigenvalue weighted by molar-refractivity contribution is 8.00. The summed E-state index contributed by atoms with van der Waals surface area (Å²) in [6.45, 7) is 5.70. The quantitative estimate of drug-likeness (QED) is 0.785. The maximum atomic E-state index is 12.4. The van der Waals surface area contributed by atoms with Crippen molar-refractivity contribution < 1.29 is 14.4 Å². The van der Waals surface area contributed by atoms with Crippen molar-refractivity contribution in [1.82, 2.24) is 9.80 Å². The number of nitrogens with zero attached hydrogens (tertiary/aromatic N) is 2. The van der Waals surface area contributed by atoms with E-state index in [4.69, 9.17) is 0 Å². The Labute approximate surface area is 146 Å². The number of hydrogen-bond acceptors (Lipinski definition) is 4. The first kappa shape index (κ1) is 17.0. The van der Waals surface area contributed by atoms with Gasteiger partial charge in [0.25, 0.3) is 11.8 Å². The van der Waals surface area contributed by atoms with Gasteiger partial charge < -0.3 is 4.90 Å². The molecule has 0 aromatic heterocycles. The van der Waals surface area contributed by atoms with Crippen molar-refractivity contribution in [3.8, 4) is 0 Å². The summed E-state index contributed by atoms with van der Waals surface area (Å²) in [6.07, 6.45) is 1.25. The zero-order valence-electron chi connectivity index (χ0n) is 14.1. The van der Waals surface area contributed by atoms with Crippen molar-refractivity contribution in [2.24, 2.45) is 0 Å². The van der Waals surface area contributed by atoms with E-state index in [9.17, 15) is 14.4 Å². The molecule has 2 aliphatic heterocycles. The van der Waals surface area contributed by atoms with Gasteiger partial charge in [0, 0.05) is 37.1 Å². The molecule has 1 fully saturated rings. The van der Waals surface area contributed by atoms with Gasteiger partial charge in [-0.3, -0.25) is 19.3 Å². The number of aryl methyl sites for hydroxylation is 1. The van der Waals surface area contributed by atoms with Gasteiger partial charge in [-0.15, -0.1) is 0 Å². The van der Waals surface area contributed by atoms with Crippen LogP contribution in [-0.4, -0.2) is 58.2 Å². The second-order valence-electron chi connectivity index (χ2n) is 6.30. The van der Waals surface area contributed by atoms with E-state index >= 15 is 0 Å². The molecule has 128 valence electrons. The Hall–Kier alpha value is -1.82. The molecule has 1 atom stereocenters. The average Bonchev–Trinajstić information content (AvgIpc) is 2.83. The highest BCUT2D eigenvalue weighted by Gasteiger charge is 2.35. The Balaban J connectivity index is 1.62. The van der Waals surface area contributed by atoms with Gasteiger partial charge in [0.2, 0.25) is 5.91 Å². The molecule has 24 heavy (non-hydrogen) atoms. The highest BCUT2D eigenvalue weighted by Crippen LogP contribution is 2.25. The van der Waals surface area contributed by atoms with Gasteiger partial charge in [-0.2, -0.15) is 11.8 Å². The molecule has 0 spiro atoms. The second-order valence-corrected chi connectivity index (χ2v) is 7.71. The summed E-state index contributed by atoms with van der Waals surface area (Å²) in [5.41, 5.74) is 1.84. The molecule has 1 aromatic rings. The first-order valence-electron chi connectivity index (χ1n) is 8.37. The van der Waals surface area contributed by atoms with Gasteiger partial charge in [-0.05, 0) is 25.5 Å². The monoisotopic (exact) mass is 346 g/mol. The Morgan fingerprint density at radius 1 is 1.25 bits per heavy atom. The molecular formula is C18H22N2O3S. The molecule has 2 heterocycles. The zero-order valence-corrected chi connectivity index (χ0v) is 14.9. The zero-order chi connectivity index (χ0) is 17.3. The lowest BCUT2D eigenvalue weighted by Gasteiger charge is -2.32. The molecule has 0 unspecified atom stereocenters. The normalized spacial score (nSPS) is 20.5. The van der Waals surface area contributed by atoms with Gasteiger partial charge in [0.05, 0.1) is 11.1 Å². The molecule has 0 aliphatic carbocycles. The van der Waals surface area contributed by atoms with Gasteiger partial charge in [-0.1, -0.05) is 18.6 Å². The molecule has 3 rings (SSSR count). The highest BCUT2D eigenvalue weighted by atomic mass is 32.2. The van der Waals surface area contributed by atoms with Crippen LogP contribution in [0.15, 0.2) is 18.2 Å². The molecule has 1 aromatic carbocycles. The first-order chi connectivity index (χ1) is 11.5. The van der Waals surface area contributed by atoms with Crippen LogP contribution in [0, 0.1) is 6.92 Å². The number of carbonyl (C=O) groups excluding carboxylic acids is 3. The predicted octanol–water partition coefficient (Wildman–Crippen LogP) is 2.34. The van der Waals surface area contributed by atoms with Crippen LogP contribution in [0.1, 0.15) is 46.0 Å². The van der Waals surface area contributed by atoms with Crippen LogP contribution in [0.3, 0.4) is 0 Å². The number of rotatable bonds is 4. The molecule has 1 saturated heterocycles. The van der Waals surface area contributed by atoms with E-state index in [1.165, 1.54) is 4.90 Å². The van der Waals surface area contributed by atoms with Gasteiger partial charge in [0.15, 0.2) is 0 Å². The van der Waals surface area contributed by atoms with E-state index in [-0.39, 0.29) is 30.7 Å². The maximum absolute atomic E-state index is 12.4. The molecule has 2 aliphatic rings. The summed E-state index contributed by atoms with van der Waals surface area (Å²) in [5, 5.41) is 0.491. The van der Waals surface area contributed by atoms with E-state index < -0.39 is 0 Å². The number of fused-ring (bicyclic) bond motifs is 1. The molecule has 0 bridgehead atoms. The Bertz CT molecular complexity index is 689. The lowest BCUT2D eigenvalue weighted by molar-refractivity contribution is -0.131. The summed E-state index contributed by atoms with van der Waals surface area (Å²) in [5.74, 6) is 0.411. The minimum absolute atomic E-state index is 0.0292. The molecule has 3 amide bonds. The summed E-state index contributed by atoms with van der Waals surface area (Å²) >= 11 is 1.91. The fraction of sp³-hybridized carbons (Fsp3) is 0.500. The van der Waals surface area contributed by atoms with Gasteiger partial charge in [0.1, 0.15) is 0 Å². The third kappa shape index (κ3) is 3.20. The van der Waals surface area contributed by atoms with E-state index in [2.05, 4.69) is 6.92 Å². The van der Waals surface area contributed by atoms with Crippen LogP contribution in [0.25, 0.3) is 0 Å². The van der Waals surface area contributed by atoms with Crippen molar-refractivity contribution in [2.45, 2.75) is 31.9 Å². The number of amides is 3. The van der Waals surface area contributed by atoms with Crippen LogP contribution in [0.4, 0.5) is 0 Å². The van der Waals surface area contributed by atoms with E-state index in [1.54, 1.807) is 12.1 Å². The Morgan fingerprint density at radius 3 is 2.75 bits per heavy atom. The number of hydrogen-bond donors (Lipinski definition) is 0. The smallest absolute Gasteiger partial charge is 0.261 e. The van der Waals surface area contributed by atoms with Crippen LogP contribution < -0.4 is 0 Å². The molecular weight excluding hydrogens is 324 g/mol. The van der Waals surface area contributed by atoms with Crippen molar-refractivity contribution in [2.75, 3.05) is 25.4 Å². The summed E-state index contributed by atoms with van der Waals surface area (Å²) < 4.78 is 0. The molecule has 5 nitrogen and oxygen atoms in total. The van der Waals surface area contributed by atoms with Crippen LogP contribution in [0.5, 0.6) is 0 Å². The van der Waals surface area contributed by atoms with Crippen molar-refractivity contribution in [1.29, 1.82) is 0 Å². The van der Waals surface area contributed by atoms with E-state index in [0.717, 1.165) is 30.8 Å². The SMILES string of the molecule is CC[C@H]1CN(C(=O)CCN2C(=O)c3ccc(C)cc3C2=O)CCS1. The predicted molar refractivity (Wildman–Crippen MR) is 94.3 cm³/mol. The Kier molecular flexibility index (Phi) is 4.94. The summed E-state index contributed by atoms with van der Waals surface area (Å²) in [4.78, 5) is 40.3. The van der Waals surface area contributed by atoms with Gasteiger partial charge in [-0.25, -0.2) is 0 Å². The average molecular weight is 346 g/mol. The van der Waals surface area contributed by atoms with Crippen molar-refractivity contribution in [3.05, 3.63) is 34.9 Å². The lowest BCUT2D eigenvalue weighted by Crippen LogP contribution is -2.43. The third-order valence-corrected chi connectivity index (χ3v) is 5.99. The number of carbonyl (C=O) groups is 3. The minimum Gasteiger partial charge on any atom is -0.341 e. The Morgan fingerprint density at radius 2 is 2.00 bits per heavy atom. The minimum atomic E-state index is -0.288. The first-order valence-corrected chi connectivity index (χ1v) is 9.42. The molecule has 6 heteroatoms. The maximum Gasteiger partial charge on any atom is 0.261 e. The number of benzene rings is 1. The third-order valence-electron chi connectivity index (χ3n) is 4.62. The fourth-order valence-corrected chi connectivity index (χ4v) is 4.35. The molecule has 0 N–H and O–H groups in total. The van der Waals surface area contributed by atoms with E-state index in [0.29, 0.717) is 16.4 Å². The standard InChI is InChI=1S/C18H22N2O3S/c1-3-13-11-19(8-9-24-13)16(21)6-7-20-17(22)14-5-4-12(2)10-15(14)18(20)23/h4-5,10,13H,3,6-9,11H2,1-2H3/t13-/m0/s1. The number of thioether (sulfide) groups is 1.